The maximum absolute atomic E-state index is 13.1. The molecular weight excluding hydrogens is 451 g/mol. The monoisotopic (exact) mass is 466 g/mol. The summed E-state index contributed by atoms with van der Waals surface area (Å²) in [6, 6.07) is 14.7. The summed E-state index contributed by atoms with van der Waals surface area (Å²) in [5.41, 5.74) is 1.80. The van der Waals surface area contributed by atoms with E-state index in [2.05, 4.69) is 4.98 Å². The van der Waals surface area contributed by atoms with Gasteiger partial charge in [0.2, 0.25) is 0 Å². The summed E-state index contributed by atoms with van der Waals surface area (Å²) in [6.07, 6.45) is 3.25. The van der Waals surface area contributed by atoms with Crippen molar-refractivity contribution in [1.82, 2.24) is 9.88 Å². The predicted molar refractivity (Wildman–Crippen MR) is 121 cm³/mol. The van der Waals surface area contributed by atoms with Crippen LogP contribution in [0.5, 0.6) is 0 Å². The molecule has 0 bridgehead atoms. The molecule has 2 aromatic heterocycles. The number of Topliss-reactive ketones (excluding diaryl/α,β-unsaturated/α-hetero) is 1. The number of aliphatic hydroxyl groups is 1. The lowest BCUT2D eigenvalue weighted by atomic mass is 9.95. The van der Waals surface area contributed by atoms with Gasteiger partial charge in [0.15, 0.2) is 0 Å². The molecule has 3 heterocycles. The van der Waals surface area contributed by atoms with E-state index in [0.29, 0.717) is 21.9 Å². The summed E-state index contributed by atoms with van der Waals surface area (Å²) in [5, 5.41) is 12.5. The molecule has 5 rings (SSSR count). The van der Waals surface area contributed by atoms with E-state index in [0.717, 1.165) is 10.9 Å². The number of hydrogen-bond acceptors (Lipinski definition) is 4. The number of rotatable bonds is 4. The minimum atomic E-state index is -0.828. The Kier molecular flexibility index (Phi) is 5.04. The molecule has 2 N–H and O–H groups in total. The fraction of sp³-hybridized carbons (Fsp3) is 0.0833. The number of likely N-dealkylation sites (tertiary alicyclic amines) is 1. The number of hydrogen-bond donors (Lipinski definition) is 2. The Hall–Kier alpha value is -3.48. The first-order valence-corrected chi connectivity index (χ1v) is 10.5. The summed E-state index contributed by atoms with van der Waals surface area (Å²) in [5.74, 6) is -1.31. The Bertz CT molecular complexity index is 1390. The van der Waals surface area contributed by atoms with Crippen molar-refractivity contribution in [2.75, 3.05) is 0 Å². The van der Waals surface area contributed by atoms with E-state index in [-0.39, 0.29) is 22.9 Å². The lowest BCUT2D eigenvalue weighted by molar-refractivity contribution is -0.140. The van der Waals surface area contributed by atoms with Crippen molar-refractivity contribution in [3.05, 3.63) is 99.6 Å². The van der Waals surface area contributed by atoms with Crippen molar-refractivity contribution < 1.29 is 19.1 Å². The fourth-order valence-corrected chi connectivity index (χ4v) is 4.35. The third-order valence-corrected chi connectivity index (χ3v) is 6.29. The van der Waals surface area contributed by atoms with Crippen molar-refractivity contribution in [1.29, 1.82) is 0 Å². The van der Waals surface area contributed by atoms with Crippen LogP contribution >= 0.6 is 23.2 Å². The number of nitrogens with one attached hydrogen (secondary N) is 1. The number of halogens is 2. The smallest absolute Gasteiger partial charge is 0.296 e. The number of nitrogens with zero attached hydrogens (tertiary/aromatic N) is 1. The molecule has 1 aliphatic heterocycles. The highest BCUT2D eigenvalue weighted by Gasteiger charge is 2.47. The summed E-state index contributed by atoms with van der Waals surface area (Å²) < 4.78 is 5.42. The van der Waals surface area contributed by atoms with Crippen molar-refractivity contribution in [3.8, 4) is 0 Å². The average Bonchev–Trinajstić information content (AvgIpc) is 3.51. The summed E-state index contributed by atoms with van der Waals surface area (Å²) in [7, 11) is 0. The van der Waals surface area contributed by atoms with Gasteiger partial charge in [0.25, 0.3) is 11.7 Å². The molecule has 4 aromatic rings. The van der Waals surface area contributed by atoms with Gasteiger partial charge in [-0.2, -0.15) is 0 Å². The molecular formula is C24H16Cl2N2O4. The molecule has 1 atom stereocenters. The number of aromatic nitrogens is 1. The van der Waals surface area contributed by atoms with Gasteiger partial charge in [-0.05, 0) is 36.4 Å². The number of furan rings is 1. The van der Waals surface area contributed by atoms with E-state index in [1.165, 1.54) is 23.3 Å². The van der Waals surface area contributed by atoms with E-state index in [4.69, 9.17) is 27.6 Å². The minimum Gasteiger partial charge on any atom is -0.507 e. The Labute approximate surface area is 192 Å². The van der Waals surface area contributed by atoms with Crippen LogP contribution in [0.2, 0.25) is 10.0 Å². The van der Waals surface area contributed by atoms with Crippen LogP contribution in [0.1, 0.15) is 22.9 Å². The highest BCUT2D eigenvalue weighted by Crippen LogP contribution is 2.43. The Morgan fingerprint density at radius 1 is 1.06 bits per heavy atom. The maximum atomic E-state index is 13.1. The molecule has 1 aliphatic rings. The second-order valence-electron chi connectivity index (χ2n) is 7.42. The fourth-order valence-electron chi connectivity index (χ4n) is 4.06. The number of amides is 1. The average molecular weight is 467 g/mol. The SMILES string of the molecule is O=C1C(=O)N(Cc2ccco2)C(c2c[nH]c3ccccc23)/C1=C(\O)c1ccc(Cl)c(Cl)c1. The zero-order valence-electron chi connectivity index (χ0n) is 16.5. The Morgan fingerprint density at radius 3 is 2.62 bits per heavy atom. The predicted octanol–water partition coefficient (Wildman–Crippen LogP) is 5.69. The third-order valence-electron chi connectivity index (χ3n) is 5.56. The number of carbonyl (C=O) groups excluding carboxylic acids is 2. The molecule has 32 heavy (non-hydrogen) atoms. The standard InChI is InChI=1S/C24H16Cl2N2O4/c25-17-8-7-13(10-18(17)26)22(29)20-21(16-11-27-19-6-2-1-5-15(16)19)28(24(31)23(20)30)12-14-4-3-9-32-14/h1-11,21,27,29H,12H2/b22-20+. The number of aromatic amines is 1. The van der Waals surface area contributed by atoms with Crippen LogP contribution in [-0.4, -0.2) is 26.7 Å². The van der Waals surface area contributed by atoms with Crippen LogP contribution in [0.4, 0.5) is 0 Å². The molecule has 1 fully saturated rings. The van der Waals surface area contributed by atoms with Crippen molar-refractivity contribution >= 4 is 51.6 Å². The Balaban J connectivity index is 1.72. The Morgan fingerprint density at radius 2 is 1.88 bits per heavy atom. The zero-order chi connectivity index (χ0) is 22.4. The summed E-state index contributed by atoms with van der Waals surface area (Å²) in [6.45, 7) is 0.0693. The highest BCUT2D eigenvalue weighted by molar-refractivity contribution is 6.47. The molecule has 1 saturated heterocycles. The first-order chi connectivity index (χ1) is 15.5. The highest BCUT2D eigenvalue weighted by atomic mass is 35.5. The number of aliphatic hydroxyl groups excluding tert-OH is 1. The van der Waals surface area contributed by atoms with Crippen LogP contribution < -0.4 is 0 Å². The molecule has 8 heteroatoms. The largest absolute Gasteiger partial charge is 0.507 e. The number of para-hydroxylation sites is 1. The maximum Gasteiger partial charge on any atom is 0.296 e. The molecule has 0 aliphatic carbocycles. The molecule has 6 nitrogen and oxygen atoms in total. The van der Waals surface area contributed by atoms with Crippen LogP contribution in [0, 0.1) is 0 Å². The summed E-state index contributed by atoms with van der Waals surface area (Å²) in [4.78, 5) is 30.8. The molecule has 160 valence electrons. The van der Waals surface area contributed by atoms with Gasteiger partial charge in [0, 0.05) is 28.2 Å². The van der Waals surface area contributed by atoms with Crippen LogP contribution in [0.25, 0.3) is 16.7 Å². The van der Waals surface area contributed by atoms with Gasteiger partial charge < -0.3 is 19.4 Å². The first-order valence-electron chi connectivity index (χ1n) is 9.78. The first kappa shape index (κ1) is 20.4. The lowest BCUT2D eigenvalue weighted by Crippen LogP contribution is -2.29. The van der Waals surface area contributed by atoms with Crippen molar-refractivity contribution in [2.24, 2.45) is 0 Å². The van der Waals surface area contributed by atoms with Gasteiger partial charge in [-0.25, -0.2) is 0 Å². The number of benzene rings is 2. The minimum absolute atomic E-state index is 0.0234. The van der Waals surface area contributed by atoms with Crippen LogP contribution in [0.15, 0.2) is 77.0 Å². The molecule has 0 saturated carbocycles. The molecule has 1 amide bonds. The number of H-pyrrole nitrogens is 1. The number of carbonyl (C=O) groups is 2. The van der Waals surface area contributed by atoms with Crippen molar-refractivity contribution in [3.63, 3.8) is 0 Å². The third kappa shape index (κ3) is 3.28. The summed E-state index contributed by atoms with van der Waals surface area (Å²) >= 11 is 12.1. The topological polar surface area (TPSA) is 86.5 Å². The molecule has 2 aromatic carbocycles. The lowest BCUT2D eigenvalue weighted by Gasteiger charge is -2.24. The molecule has 1 unspecified atom stereocenters. The van der Waals surface area contributed by atoms with E-state index >= 15 is 0 Å². The van der Waals surface area contributed by atoms with E-state index in [9.17, 15) is 14.7 Å². The normalized spacial score (nSPS) is 18.1. The molecule has 0 spiro atoms. The van der Waals surface area contributed by atoms with Gasteiger partial charge in [0.05, 0.1) is 34.5 Å². The quantitative estimate of drug-likeness (QED) is 0.229. The number of ketones is 1. The van der Waals surface area contributed by atoms with E-state index in [1.54, 1.807) is 24.4 Å². The second-order valence-corrected chi connectivity index (χ2v) is 8.24. The van der Waals surface area contributed by atoms with Crippen LogP contribution in [-0.2, 0) is 16.1 Å². The van der Waals surface area contributed by atoms with E-state index < -0.39 is 17.7 Å². The van der Waals surface area contributed by atoms with Crippen LogP contribution in [0.3, 0.4) is 0 Å². The van der Waals surface area contributed by atoms with Gasteiger partial charge in [-0.1, -0.05) is 41.4 Å². The second kappa shape index (κ2) is 7.89. The van der Waals surface area contributed by atoms with Gasteiger partial charge in [-0.15, -0.1) is 0 Å². The number of fused-ring (bicyclic) bond motifs is 1. The van der Waals surface area contributed by atoms with E-state index in [1.807, 2.05) is 24.3 Å². The molecule has 0 radical (unpaired) electrons. The van der Waals surface area contributed by atoms with Gasteiger partial charge in [0.1, 0.15) is 11.5 Å². The zero-order valence-corrected chi connectivity index (χ0v) is 18.0. The van der Waals surface area contributed by atoms with Gasteiger partial charge in [-0.3, -0.25) is 9.59 Å². The van der Waals surface area contributed by atoms with Crippen molar-refractivity contribution in [2.45, 2.75) is 12.6 Å². The van der Waals surface area contributed by atoms with Gasteiger partial charge >= 0.3 is 0 Å².